The van der Waals surface area contributed by atoms with Crippen molar-refractivity contribution in [1.82, 2.24) is 0 Å². The van der Waals surface area contributed by atoms with Gasteiger partial charge < -0.3 is 4.90 Å². The highest BCUT2D eigenvalue weighted by Gasteiger charge is 2.42. The lowest BCUT2D eigenvalue weighted by molar-refractivity contribution is 0.414. The fourth-order valence-corrected chi connectivity index (χ4v) is 6.18. The van der Waals surface area contributed by atoms with Gasteiger partial charge in [-0.1, -0.05) is 104 Å². The van der Waals surface area contributed by atoms with Crippen molar-refractivity contribution in [3.8, 4) is 11.1 Å². The van der Waals surface area contributed by atoms with E-state index in [1.807, 2.05) is 0 Å². The van der Waals surface area contributed by atoms with Gasteiger partial charge in [-0.2, -0.15) is 0 Å². The van der Waals surface area contributed by atoms with Crippen molar-refractivity contribution >= 4 is 33.0 Å². The van der Waals surface area contributed by atoms with Crippen LogP contribution in [0.4, 0.5) is 17.1 Å². The van der Waals surface area contributed by atoms with E-state index < -0.39 is 0 Å². The first-order valence-corrected chi connectivity index (χ1v) is 13.8. The smallest absolute Gasteiger partial charge is 0.0465 e. The average molecular weight is 525 g/mol. The minimum Gasteiger partial charge on any atom is -0.310 e. The molecular weight excluding hydrogens is 490 g/mol. The molecule has 0 heterocycles. The Bertz CT molecular complexity index is 1230. The van der Waals surface area contributed by atoms with Gasteiger partial charge >= 0.3 is 0 Å². The molecule has 0 aromatic heterocycles. The highest BCUT2D eigenvalue weighted by molar-refractivity contribution is 9.10. The number of halogens is 1. The van der Waals surface area contributed by atoms with Crippen LogP contribution >= 0.6 is 15.9 Å². The molecular formula is C33H34BrN. The minimum absolute atomic E-state index is 0.0650. The number of anilines is 3. The molecule has 0 atom stereocenters. The zero-order chi connectivity index (χ0) is 24.3. The van der Waals surface area contributed by atoms with E-state index in [0.29, 0.717) is 0 Å². The Morgan fingerprint density at radius 3 is 1.66 bits per heavy atom. The third-order valence-electron chi connectivity index (χ3n) is 7.51. The molecule has 178 valence electrons. The van der Waals surface area contributed by atoms with E-state index in [1.165, 1.54) is 82.3 Å². The molecule has 0 amide bonds. The molecule has 0 spiro atoms. The Hall–Kier alpha value is -2.84. The Balaban J connectivity index is 1.72. The zero-order valence-corrected chi connectivity index (χ0v) is 22.4. The molecule has 0 radical (unpaired) electrons. The highest BCUT2D eigenvalue weighted by atomic mass is 79.9. The first-order valence-electron chi connectivity index (χ1n) is 13.0. The highest BCUT2D eigenvalue weighted by Crippen LogP contribution is 2.56. The van der Waals surface area contributed by atoms with Crippen LogP contribution in [0.3, 0.4) is 0 Å². The summed E-state index contributed by atoms with van der Waals surface area (Å²) in [4.78, 5) is 2.39. The Labute approximate surface area is 219 Å². The Morgan fingerprint density at radius 1 is 0.600 bits per heavy atom. The van der Waals surface area contributed by atoms with E-state index in [-0.39, 0.29) is 5.41 Å². The van der Waals surface area contributed by atoms with Crippen molar-refractivity contribution in [3.63, 3.8) is 0 Å². The van der Waals surface area contributed by atoms with E-state index in [9.17, 15) is 0 Å². The van der Waals surface area contributed by atoms with Gasteiger partial charge in [-0.15, -0.1) is 0 Å². The number of benzene rings is 4. The van der Waals surface area contributed by atoms with Crippen molar-refractivity contribution in [2.24, 2.45) is 0 Å². The number of para-hydroxylation sites is 2. The molecule has 1 aliphatic rings. The van der Waals surface area contributed by atoms with Crippen LogP contribution in [0.5, 0.6) is 0 Å². The monoisotopic (exact) mass is 523 g/mol. The summed E-state index contributed by atoms with van der Waals surface area (Å²) in [5, 5.41) is 0. The van der Waals surface area contributed by atoms with Crippen LogP contribution in [0.1, 0.15) is 63.5 Å². The largest absolute Gasteiger partial charge is 0.310 e. The fraction of sp³-hybridized carbons (Fsp3) is 0.273. The molecule has 1 aliphatic carbocycles. The maximum Gasteiger partial charge on any atom is 0.0465 e. The minimum atomic E-state index is 0.0650. The van der Waals surface area contributed by atoms with E-state index in [2.05, 4.69) is 132 Å². The summed E-state index contributed by atoms with van der Waals surface area (Å²) >= 11 is 3.79. The van der Waals surface area contributed by atoms with Crippen LogP contribution in [0.2, 0.25) is 0 Å². The third kappa shape index (κ3) is 4.45. The molecule has 0 saturated heterocycles. The summed E-state index contributed by atoms with van der Waals surface area (Å²) in [5.41, 5.74) is 9.49. The van der Waals surface area contributed by atoms with Crippen LogP contribution in [0, 0.1) is 0 Å². The van der Waals surface area contributed by atoms with Crippen LogP contribution in [-0.4, -0.2) is 0 Å². The van der Waals surface area contributed by atoms with Crippen LogP contribution in [0.25, 0.3) is 11.1 Å². The predicted molar refractivity (Wildman–Crippen MR) is 154 cm³/mol. The molecule has 0 fully saturated rings. The molecule has 0 unspecified atom stereocenters. The quantitative estimate of drug-likeness (QED) is 0.210. The topological polar surface area (TPSA) is 3.24 Å². The van der Waals surface area contributed by atoms with E-state index >= 15 is 0 Å². The van der Waals surface area contributed by atoms with Gasteiger partial charge in [0.1, 0.15) is 0 Å². The van der Waals surface area contributed by atoms with E-state index in [1.54, 1.807) is 0 Å². The Morgan fingerprint density at radius 2 is 1.11 bits per heavy atom. The average Bonchev–Trinajstić information content (AvgIpc) is 3.16. The molecule has 35 heavy (non-hydrogen) atoms. The lowest BCUT2D eigenvalue weighted by atomic mass is 9.71. The van der Waals surface area contributed by atoms with Crippen molar-refractivity contribution in [2.45, 2.75) is 57.8 Å². The van der Waals surface area contributed by atoms with Crippen LogP contribution in [0.15, 0.2) is 102 Å². The Kier molecular flexibility index (Phi) is 7.11. The normalized spacial score (nSPS) is 13.3. The van der Waals surface area contributed by atoms with E-state index in [4.69, 9.17) is 0 Å². The molecule has 1 nitrogen and oxygen atoms in total. The number of unbranched alkanes of at least 4 members (excludes halogenated alkanes) is 2. The standard InChI is InChI=1S/C33H34BrN/c1-3-5-21-33(22-6-4-2)31-23-25(34)17-19-29(31)30-20-18-28(24-32(30)33)35(26-13-9-7-10-14-26)27-15-11-8-12-16-27/h7-20,23-24H,3-6,21-22H2,1-2H3. The summed E-state index contributed by atoms with van der Waals surface area (Å²) in [7, 11) is 0. The summed E-state index contributed by atoms with van der Waals surface area (Å²) in [5.74, 6) is 0. The number of fused-ring (bicyclic) bond motifs is 3. The molecule has 0 saturated carbocycles. The molecule has 5 rings (SSSR count). The van der Waals surface area contributed by atoms with Gasteiger partial charge in [0.25, 0.3) is 0 Å². The summed E-state index contributed by atoms with van der Waals surface area (Å²) in [6.45, 7) is 4.63. The van der Waals surface area contributed by atoms with Gasteiger partial charge in [0.15, 0.2) is 0 Å². The molecule has 0 bridgehead atoms. The van der Waals surface area contributed by atoms with Crippen molar-refractivity contribution in [3.05, 3.63) is 113 Å². The second-order valence-electron chi connectivity index (χ2n) is 9.72. The van der Waals surface area contributed by atoms with Crippen molar-refractivity contribution in [2.75, 3.05) is 4.90 Å². The second kappa shape index (κ2) is 10.4. The molecule has 0 aliphatic heterocycles. The van der Waals surface area contributed by atoms with Crippen LogP contribution < -0.4 is 4.90 Å². The molecule has 4 aromatic carbocycles. The third-order valence-corrected chi connectivity index (χ3v) is 8.00. The summed E-state index contributed by atoms with van der Waals surface area (Å²) < 4.78 is 1.18. The maximum atomic E-state index is 3.79. The first kappa shape index (κ1) is 23.9. The first-order chi connectivity index (χ1) is 17.2. The van der Waals surface area contributed by atoms with Gasteiger partial charge in [-0.3, -0.25) is 0 Å². The number of rotatable bonds is 9. The second-order valence-corrected chi connectivity index (χ2v) is 10.6. The molecule has 2 heteroatoms. The SMILES string of the molecule is CCCCC1(CCCC)c2cc(Br)ccc2-c2ccc(N(c3ccccc3)c3ccccc3)cc21. The molecule has 4 aromatic rings. The van der Waals surface area contributed by atoms with Crippen LogP contribution in [-0.2, 0) is 5.41 Å². The van der Waals surface area contributed by atoms with Gasteiger partial charge in [0.2, 0.25) is 0 Å². The van der Waals surface area contributed by atoms with Crippen molar-refractivity contribution < 1.29 is 0 Å². The summed E-state index contributed by atoms with van der Waals surface area (Å²) in [6.07, 6.45) is 7.29. The predicted octanol–water partition coefficient (Wildman–Crippen LogP) is 10.6. The lowest BCUT2D eigenvalue weighted by Gasteiger charge is -2.34. The van der Waals surface area contributed by atoms with Gasteiger partial charge in [0, 0.05) is 26.9 Å². The number of hydrogen-bond acceptors (Lipinski definition) is 1. The van der Waals surface area contributed by atoms with Crippen molar-refractivity contribution in [1.29, 1.82) is 0 Å². The fourth-order valence-electron chi connectivity index (χ4n) is 5.82. The van der Waals surface area contributed by atoms with Gasteiger partial charge in [0.05, 0.1) is 0 Å². The lowest BCUT2D eigenvalue weighted by Crippen LogP contribution is -2.26. The van der Waals surface area contributed by atoms with Gasteiger partial charge in [-0.05, 0) is 83.6 Å². The molecule has 0 N–H and O–H groups in total. The number of nitrogens with zero attached hydrogens (tertiary/aromatic N) is 1. The number of hydrogen-bond donors (Lipinski definition) is 0. The van der Waals surface area contributed by atoms with E-state index in [0.717, 1.165) is 0 Å². The zero-order valence-electron chi connectivity index (χ0n) is 20.8. The van der Waals surface area contributed by atoms with Gasteiger partial charge in [-0.25, -0.2) is 0 Å². The maximum absolute atomic E-state index is 3.79. The summed E-state index contributed by atoms with van der Waals surface area (Å²) in [6, 6.07) is 35.6.